The van der Waals surface area contributed by atoms with Crippen LogP contribution in [0.5, 0.6) is 0 Å². The van der Waals surface area contributed by atoms with Crippen LogP contribution in [0.25, 0.3) is 44.0 Å². The van der Waals surface area contributed by atoms with Crippen LogP contribution in [0.15, 0.2) is 64.9 Å². The van der Waals surface area contributed by atoms with Gasteiger partial charge in [-0.05, 0) is 89.2 Å². The molecule has 5 rings (SSSR count). The van der Waals surface area contributed by atoms with Crippen LogP contribution in [-0.2, 0) is 36.7 Å². The Bertz CT molecular complexity index is 1920. The predicted molar refractivity (Wildman–Crippen MR) is 199 cm³/mol. The number of aromatic nitrogens is 1. The number of ketones is 1. The minimum absolute atomic E-state index is 0. The molecule has 49 heavy (non-hydrogen) atoms. The molecule has 0 bridgehead atoms. The Morgan fingerprint density at radius 3 is 2.18 bits per heavy atom. The van der Waals surface area contributed by atoms with Gasteiger partial charge in [-0.25, -0.2) is 4.39 Å². The molecule has 0 saturated carbocycles. The van der Waals surface area contributed by atoms with E-state index in [1.165, 1.54) is 11.6 Å². The minimum atomic E-state index is -0.312. The Balaban J connectivity index is 0.000000347. The SMILES string of the molecule is CCC(CC)C(=O)/C=C(\O)C(CC)CC.Cc1[c-]c(-c2nccc3cc(CC(C)C)ccc23)c2oc3cc(C(C)(C)C)c(F)cc3c2c1.[Ir]. The maximum atomic E-state index is 15.0. The third-order valence-corrected chi connectivity index (χ3v) is 9.33. The van der Waals surface area contributed by atoms with E-state index in [9.17, 15) is 9.90 Å². The predicted octanol–water partition coefficient (Wildman–Crippen LogP) is 12.4. The number of nitrogens with zero attached hydrogens (tertiary/aromatic N) is 1. The number of aliphatic hydroxyl groups is 1. The molecule has 0 aliphatic carbocycles. The minimum Gasteiger partial charge on any atom is -0.512 e. The quantitative estimate of drug-likeness (QED) is 0.0864. The number of aliphatic hydroxyl groups excluding tert-OH is 1. The summed E-state index contributed by atoms with van der Waals surface area (Å²) in [6.07, 6.45) is 7.79. The number of aryl methyl sites for hydroxylation is 1. The first-order valence-corrected chi connectivity index (χ1v) is 17.6. The molecule has 0 amide bonds. The standard InChI is InChI=1S/C30H29FNO.C13H24O2.Ir/c1-17(2)11-19-7-8-21-20(14-19)9-10-32-28(21)24-13-18(3)12-23-22-15-26(31)25(30(4,5)6)16-27(22)33-29(23)24;1-5-10(6-2)12(14)9-13(15)11(7-3)8-4;/h7-10,12,14-17H,11H2,1-6H3;9-11,14H,5-8H2,1-4H3;/q-1;;/b;12-9-;. The zero-order valence-corrected chi connectivity index (χ0v) is 33.3. The number of hydrogen-bond donors (Lipinski definition) is 1. The summed E-state index contributed by atoms with van der Waals surface area (Å²) in [4.78, 5) is 16.5. The number of pyridine rings is 1. The smallest absolute Gasteiger partial charge is 0.162 e. The third kappa shape index (κ3) is 9.26. The van der Waals surface area contributed by atoms with Crippen molar-refractivity contribution in [3.8, 4) is 11.3 Å². The first-order chi connectivity index (χ1) is 22.7. The summed E-state index contributed by atoms with van der Waals surface area (Å²) in [6.45, 7) is 20.6. The largest absolute Gasteiger partial charge is 0.512 e. The molecule has 0 unspecified atom stereocenters. The van der Waals surface area contributed by atoms with E-state index >= 15 is 4.39 Å². The number of carbonyl (C=O) groups is 1. The van der Waals surface area contributed by atoms with Gasteiger partial charge in [-0.2, -0.15) is 0 Å². The van der Waals surface area contributed by atoms with Crippen molar-refractivity contribution >= 4 is 38.5 Å². The van der Waals surface area contributed by atoms with E-state index in [-0.39, 0.29) is 54.7 Å². The second-order valence-electron chi connectivity index (χ2n) is 14.6. The van der Waals surface area contributed by atoms with Gasteiger partial charge in [-0.3, -0.25) is 4.79 Å². The summed E-state index contributed by atoms with van der Waals surface area (Å²) in [5.41, 5.74) is 5.68. The normalized spacial score (nSPS) is 12.2. The molecule has 0 aliphatic rings. The second-order valence-corrected chi connectivity index (χ2v) is 14.6. The maximum absolute atomic E-state index is 15.0. The summed E-state index contributed by atoms with van der Waals surface area (Å²) < 4.78 is 21.4. The van der Waals surface area contributed by atoms with Crippen LogP contribution in [0.4, 0.5) is 4.39 Å². The van der Waals surface area contributed by atoms with Gasteiger partial charge in [-0.1, -0.05) is 98.4 Å². The zero-order chi connectivity index (χ0) is 35.3. The van der Waals surface area contributed by atoms with E-state index in [1.807, 2.05) is 73.7 Å². The van der Waals surface area contributed by atoms with E-state index in [2.05, 4.69) is 44.2 Å². The Morgan fingerprint density at radius 1 is 0.939 bits per heavy atom. The third-order valence-electron chi connectivity index (χ3n) is 9.33. The molecule has 2 heterocycles. The fourth-order valence-electron chi connectivity index (χ4n) is 6.52. The zero-order valence-electron chi connectivity index (χ0n) is 30.9. The molecule has 265 valence electrons. The molecule has 4 nitrogen and oxygen atoms in total. The maximum Gasteiger partial charge on any atom is 0.162 e. The van der Waals surface area contributed by atoms with Crippen molar-refractivity contribution in [3.05, 3.63) is 89.1 Å². The van der Waals surface area contributed by atoms with Crippen molar-refractivity contribution < 1.29 is 38.8 Å². The summed E-state index contributed by atoms with van der Waals surface area (Å²) in [5.74, 6) is 0.944. The van der Waals surface area contributed by atoms with E-state index in [0.717, 1.165) is 70.5 Å². The van der Waals surface area contributed by atoms with E-state index in [4.69, 9.17) is 9.40 Å². The van der Waals surface area contributed by atoms with Gasteiger partial charge in [0.05, 0.1) is 11.3 Å². The van der Waals surface area contributed by atoms with Crippen molar-refractivity contribution in [2.45, 2.75) is 107 Å². The molecule has 0 fully saturated rings. The fourth-order valence-corrected chi connectivity index (χ4v) is 6.52. The molecule has 1 radical (unpaired) electrons. The van der Waals surface area contributed by atoms with Crippen LogP contribution in [0.2, 0.25) is 0 Å². The van der Waals surface area contributed by atoms with Crippen molar-refractivity contribution in [3.63, 3.8) is 0 Å². The number of fused-ring (bicyclic) bond motifs is 4. The summed E-state index contributed by atoms with van der Waals surface area (Å²) >= 11 is 0. The van der Waals surface area contributed by atoms with Crippen LogP contribution < -0.4 is 0 Å². The van der Waals surface area contributed by atoms with E-state index in [0.29, 0.717) is 22.6 Å². The molecule has 1 N–H and O–H groups in total. The molecule has 0 atom stereocenters. The van der Waals surface area contributed by atoms with Gasteiger partial charge in [-0.15, -0.1) is 17.7 Å². The van der Waals surface area contributed by atoms with E-state index in [1.54, 1.807) is 6.07 Å². The molecular weight excluding hydrogens is 790 g/mol. The Kier molecular flexibility index (Phi) is 14.0. The number of carbonyl (C=O) groups excluding carboxylic acids is 1. The molecule has 0 spiro atoms. The van der Waals surface area contributed by atoms with Crippen LogP contribution in [0, 0.1) is 36.6 Å². The van der Waals surface area contributed by atoms with Gasteiger partial charge in [0.15, 0.2) is 5.78 Å². The monoisotopic (exact) mass is 843 g/mol. The molecule has 3 aromatic carbocycles. The van der Waals surface area contributed by atoms with Gasteiger partial charge < -0.3 is 14.5 Å². The van der Waals surface area contributed by atoms with Gasteiger partial charge in [0.1, 0.15) is 11.4 Å². The number of allylic oxidation sites excluding steroid dienone is 2. The summed E-state index contributed by atoms with van der Waals surface area (Å²) in [5, 5.41) is 13.7. The number of furan rings is 1. The molecule has 6 heteroatoms. The van der Waals surface area contributed by atoms with E-state index < -0.39 is 0 Å². The van der Waals surface area contributed by atoms with Gasteiger partial charge in [0.25, 0.3) is 0 Å². The van der Waals surface area contributed by atoms with Gasteiger partial charge in [0.2, 0.25) is 0 Å². The van der Waals surface area contributed by atoms with Gasteiger partial charge >= 0.3 is 0 Å². The van der Waals surface area contributed by atoms with Crippen molar-refractivity contribution in [1.82, 2.24) is 4.98 Å². The second kappa shape index (κ2) is 17.1. The number of halogens is 1. The number of rotatable bonds is 10. The molecule has 2 aromatic heterocycles. The molecule has 0 aliphatic heterocycles. The molecule has 5 aromatic rings. The number of benzene rings is 3. The Hall–Kier alpha value is -3.34. The van der Waals surface area contributed by atoms with Crippen LogP contribution >= 0.6 is 0 Å². The van der Waals surface area contributed by atoms with Crippen LogP contribution in [0.1, 0.15) is 105 Å². The fraction of sp³-hybridized carbons (Fsp3) is 0.442. The average Bonchev–Trinajstić information content (AvgIpc) is 3.37. The van der Waals surface area contributed by atoms with Crippen LogP contribution in [-0.4, -0.2) is 15.9 Å². The van der Waals surface area contributed by atoms with Crippen molar-refractivity contribution in [2.24, 2.45) is 17.8 Å². The van der Waals surface area contributed by atoms with Crippen molar-refractivity contribution in [1.29, 1.82) is 0 Å². The van der Waals surface area contributed by atoms with Crippen molar-refractivity contribution in [2.75, 3.05) is 0 Å². The average molecular weight is 843 g/mol. The Labute approximate surface area is 305 Å². The molecule has 0 saturated heterocycles. The first kappa shape index (κ1) is 40.1. The van der Waals surface area contributed by atoms with Crippen LogP contribution in [0.3, 0.4) is 0 Å². The summed E-state index contributed by atoms with van der Waals surface area (Å²) in [7, 11) is 0. The first-order valence-electron chi connectivity index (χ1n) is 17.6. The molecular formula is C43H53FIrNO3-. The Morgan fingerprint density at radius 2 is 1.59 bits per heavy atom. The summed E-state index contributed by atoms with van der Waals surface area (Å²) in [6, 6.07) is 17.6. The number of hydrogen-bond acceptors (Lipinski definition) is 4. The van der Waals surface area contributed by atoms with Gasteiger partial charge in [0, 0.05) is 49.6 Å². The topological polar surface area (TPSA) is 63.3 Å².